The molecule has 15 nitrogen and oxygen atoms in total. The predicted molar refractivity (Wildman–Crippen MR) is 219 cm³/mol. The van der Waals surface area contributed by atoms with Gasteiger partial charge in [0.05, 0.1) is 6.17 Å². The molecule has 4 aromatic rings. The minimum absolute atomic E-state index is 0.0324. The maximum Gasteiger partial charge on any atom is 0.457 e. The molecule has 4 amide bonds. The van der Waals surface area contributed by atoms with Crippen molar-refractivity contribution in [1.82, 2.24) is 21.3 Å². The van der Waals surface area contributed by atoms with Gasteiger partial charge in [0.25, 0.3) is 0 Å². The number of alkyl carbamates (subject to hydrolysis) is 2. The Bertz CT molecular complexity index is 1920. The third kappa shape index (κ3) is 14.9. The van der Waals surface area contributed by atoms with Crippen molar-refractivity contribution in [3.63, 3.8) is 0 Å². The molecule has 0 fully saturated rings. The third-order valence-electron chi connectivity index (χ3n) is 8.35. The number of benzene rings is 4. The first-order chi connectivity index (χ1) is 27.6. The van der Waals surface area contributed by atoms with E-state index in [-0.39, 0.29) is 31.1 Å². The van der Waals surface area contributed by atoms with Crippen LogP contribution in [0.2, 0.25) is 0 Å². The van der Waals surface area contributed by atoms with E-state index in [4.69, 9.17) is 30.0 Å². The average Bonchev–Trinajstić information content (AvgIpc) is 3.18. The quantitative estimate of drug-likeness (QED) is 0.0338. The van der Waals surface area contributed by atoms with Gasteiger partial charge in [-0.15, -0.1) is 0 Å². The lowest BCUT2D eigenvalue weighted by molar-refractivity contribution is -0.129. The van der Waals surface area contributed by atoms with Crippen molar-refractivity contribution in [2.24, 2.45) is 11.5 Å². The van der Waals surface area contributed by atoms with E-state index in [1.807, 2.05) is 6.07 Å². The summed E-state index contributed by atoms with van der Waals surface area (Å²) < 4.78 is 37.8. The standard InChI is InChI=1S/C42H53N6O9P/c1-29(46-38(50)35(22-14-15-27-45-40(51)55-42(2,3)4)47-41(52)54-28-30-16-8-5-9-17-30)37(49)48-39(32-25-23-31(24-26-32)36(43)44)58(53,56-33-18-10-6-11-19-33)57-34-20-12-7-13-21-34/h5-13,16-21,23-26,29,35-36,39H,14-15,22,27-28,43-44H2,1-4H3,(H,45,51)(H,46,50)(H,47,52)(H,48,49)/t29-,35+,39?/m0/s1. The smallest absolute Gasteiger partial charge is 0.445 e. The van der Waals surface area contributed by atoms with E-state index in [2.05, 4.69) is 21.3 Å². The number of amides is 4. The molecule has 0 spiro atoms. The minimum atomic E-state index is -4.39. The van der Waals surface area contributed by atoms with Gasteiger partial charge in [0.15, 0.2) is 5.78 Å². The first-order valence-corrected chi connectivity index (χ1v) is 20.5. The normalized spacial score (nSPS) is 12.9. The lowest BCUT2D eigenvalue weighted by Gasteiger charge is -2.30. The first kappa shape index (κ1) is 44.8. The van der Waals surface area contributed by atoms with E-state index >= 15 is 4.57 Å². The molecule has 0 aliphatic rings. The van der Waals surface area contributed by atoms with Crippen molar-refractivity contribution < 1.29 is 42.3 Å². The number of carbonyl (C=O) groups excluding carboxylic acids is 4. The van der Waals surface area contributed by atoms with Crippen LogP contribution in [-0.4, -0.2) is 48.2 Å². The monoisotopic (exact) mass is 816 g/mol. The van der Waals surface area contributed by atoms with Gasteiger partial charge in [-0.25, -0.2) is 14.2 Å². The molecule has 1 unspecified atom stereocenters. The van der Waals surface area contributed by atoms with Gasteiger partial charge >= 0.3 is 19.8 Å². The zero-order chi connectivity index (χ0) is 42.1. The van der Waals surface area contributed by atoms with Crippen LogP contribution in [0.15, 0.2) is 115 Å². The minimum Gasteiger partial charge on any atom is -0.445 e. The van der Waals surface area contributed by atoms with Crippen molar-refractivity contribution >= 4 is 31.6 Å². The van der Waals surface area contributed by atoms with E-state index in [9.17, 15) is 19.2 Å². The Labute approximate surface area is 339 Å². The Morgan fingerprint density at radius 2 is 1.21 bits per heavy atom. The topological polar surface area (TPSA) is 222 Å². The van der Waals surface area contributed by atoms with Gasteiger partial charge in [-0.2, -0.15) is 0 Å². The van der Waals surface area contributed by atoms with Crippen LogP contribution in [0.25, 0.3) is 0 Å². The van der Waals surface area contributed by atoms with Gasteiger partial charge in [0.1, 0.15) is 35.8 Å². The first-order valence-electron chi connectivity index (χ1n) is 18.9. The van der Waals surface area contributed by atoms with E-state index in [0.717, 1.165) is 5.56 Å². The summed E-state index contributed by atoms with van der Waals surface area (Å²) in [4.78, 5) is 52.7. The molecule has 4 rings (SSSR count). The van der Waals surface area contributed by atoms with Crippen molar-refractivity contribution in [2.75, 3.05) is 6.54 Å². The fourth-order valence-corrected chi connectivity index (χ4v) is 7.32. The number of nitrogens with two attached hydrogens (primary N) is 2. The molecule has 0 heterocycles. The SMILES string of the molecule is C[C@H](NC(=O)[C@@H](CCCCNC(=O)OC(C)(C)C)NC(=O)OCc1ccccc1)C(=O)NC(c1ccc(C(N)N)cc1)P(=O)(Oc1ccccc1)Oc1ccccc1. The number of hydrogen-bond donors (Lipinski definition) is 6. The maximum absolute atomic E-state index is 15.0. The molecule has 3 atom stereocenters. The van der Waals surface area contributed by atoms with Crippen LogP contribution < -0.4 is 41.8 Å². The fraction of sp³-hybridized carbons (Fsp3) is 0.333. The average molecular weight is 817 g/mol. The molecule has 0 saturated heterocycles. The molecular formula is C42H53N6O9P. The summed E-state index contributed by atoms with van der Waals surface area (Å²) >= 11 is 0. The zero-order valence-corrected chi connectivity index (χ0v) is 34.0. The fourth-order valence-electron chi connectivity index (χ4n) is 5.42. The summed E-state index contributed by atoms with van der Waals surface area (Å²) in [5.41, 5.74) is 12.8. The van der Waals surface area contributed by atoms with Gasteiger partial charge in [-0.1, -0.05) is 91.0 Å². The summed E-state index contributed by atoms with van der Waals surface area (Å²) in [6, 6.07) is 29.9. The second-order valence-electron chi connectivity index (χ2n) is 14.4. The molecule has 0 radical (unpaired) electrons. The Hall–Kier alpha value is -5.89. The Balaban J connectivity index is 1.53. The van der Waals surface area contributed by atoms with Gasteiger partial charge < -0.3 is 51.3 Å². The van der Waals surface area contributed by atoms with Crippen molar-refractivity contribution in [3.8, 4) is 11.5 Å². The highest BCUT2D eigenvalue weighted by Crippen LogP contribution is 2.59. The summed E-state index contributed by atoms with van der Waals surface area (Å²) in [7, 11) is -4.39. The Morgan fingerprint density at radius 3 is 1.74 bits per heavy atom. The Morgan fingerprint density at radius 1 is 0.672 bits per heavy atom. The number of nitrogens with one attached hydrogen (secondary N) is 4. The molecular weight excluding hydrogens is 763 g/mol. The molecule has 0 aliphatic carbocycles. The lowest BCUT2D eigenvalue weighted by atomic mass is 10.1. The van der Waals surface area contributed by atoms with E-state index < -0.39 is 61.2 Å². The second-order valence-corrected chi connectivity index (χ2v) is 16.3. The van der Waals surface area contributed by atoms with Crippen LogP contribution in [0, 0.1) is 0 Å². The number of para-hydroxylation sites is 2. The van der Waals surface area contributed by atoms with Crippen molar-refractivity contribution in [2.45, 2.75) is 83.2 Å². The van der Waals surface area contributed by atoms with Crippen molar-refractivity contribution in [1.29, 1.82) is 0 Å². The molecule has 0 saturated carbocycles. The zero-order valence-electron chi connectivity index (χ0n) is 33.1. The van der Waals surface area contributed by atoms with E-state index in [1.54, 1.807) is 130 Å². The highest BCUT2D eigenvalue weighted by molar-refractivity contribution is 7.55. The van der Waals surface area contributed by atoms with Gasteiger partial charge in [-0.3, -0.25) is 9.59 Å². The summed E-state index contributed by atoms with van der Waals surface area (Å²) in [5.74, 6) is -2.38. The molecule has 16 heteroatoms. The van der Waals surface area contributed by atoms with Crippen LogP contribution in [0.5, 0.6) is 11.5 Å². The molecule has 58 heavy (non-hydrogen) atoms. The van der Waals surface area contributed by atoms with Gasteiger partial charge in [-0.05, 0) is 87.9 Å². The lowest BCUT2D eigenvalue weighted by Crippen LogP contribution is -2.53. The number of carbonyl (C=O) groups is 4. The van der Waals surface area contributed by atoms with E-state index in [1.165, 1.54) is 6.92 Å². The number of unbranched alkanes of at least 4 members (excludes halogenated alkanes) is 1. The van der Waals surface area contributed by atoms with Crippen LogP contribution in [0.3, 0.4) is 0 Å². The molecule has 4 aromatic carbocycles. The summed E-state index contributed by atoms with van der Waals surface area (Å²) in [6.07, 6.45) is -1.22. The largest absolute Gasteiger partial charge is 0.457 e. The van der Waals surface area contributed by atoms with Gasteiger partial charge in [0, 0.05) is 6.54 Å². The predicted octanol–water partition coefficient (Wildman–Crippen LogP) is 6.56. The maximum atomic E-state index is 15.0. The van der Waals surface area contributed by atoms with Crippen molar-refractivity contribution in [3.05, 3.63) is 132 Å². The van der Waals surface area contributed by atoms with Crippen LogP contribution in [-0.2, 0) is 30.2 Å². The third-order valence-corrected chi connectivity index (χ3v) is 10.3. The highest BCUT2D eigenvalue weighted by atomic mass is 31.2. The number of hydrogen-bond acceptors (Lipinski definition) is 11. The molecule has 0 bridgehead atoms. The van der Waals surface area contributed by atoms with E-state index in [0.29, 0.717) is 24.0 Å². The summed E-state index contributed by atoms with van der Waals surface area (Å²) in [5, 5.41) is 10.7. The van der Waals surface area contributed by atoms with Crippen LogP contribution >= 0.6 is 7.60 Å². The molecule has 0 aliphatic heterocycles. The molecule has 8 N–H and O–H groups in total. The second kappa shape index (κ2) is 21.6. The van der Waals surface area contributed by atoms with Gasteiger partial charge in [0.2, 0.25) is 11.8 Å². The highest BCUT2D eigenvalue weighted by Gasteiger charge is 2.43. The number of rotatable bonds is 19. The summed E-state index contributed by atoms with van der Waals surface area (Å²) in [6.45, 7) is 6.93. The molecule has 310 valence electrons. The van der Waals surface area contributed by atoms with Crippen LogP contribution in [0.1, 0.15) is 75.6 Å². The van der Waals surface area contributed by atoms with Crippen LogP contribution in [0.4, 0.5) is 9.59 Å². The molecule has 0 aromatic heterocycles. The Kier molecular flexibility index (Phi) is 16.7. The number of ether oxygens (including phenoxy) is 2.